The number of amides is 1. The number of carbonyl (C=O) groups is 1. The lowest BCUT2D eigenvalue weighted by Gasteiger charge is -2.19. The van der Waals surface area contributed by atoms with Crippen molar-refractivity contribution < 1.29 is 14.3 Å². The van der Waals surface area contributed by atoms with Crippen LogP contribution in [0.1, 0.15) is 10.4 Å². The molecule has 2 aromatic carbocycles. The van der Waals surface area contributed by atoms with Crippen LogP contribution in [0.3, 0.4) is 0 Å². The van der Waals surface area contributed by atoms with Gasteiger partial charge in [0.2, 0.25) is 0 Å². The molecule has 0 atom stereocenters. The Morgan fingerprint density at radius 2 is 2.05 bits per heavy atom. The number of halogens is 3. The van der Waals surface area contributed by atoms with Crippen molar-refractivity contribution in [2.24, 2.45) is 0 Å². The molecule has 0 aliphatic rings. The quantitative estimate of drug-likeness (QED) is 0.873. The summed E-state index contributed by atoms with van der Waals surface area (Å²) in [5.41, 5.74) is 0.0384. The smallest absolute Gasteiger partial charge is 0.262 e. The van der Waals surface area contributed by atoms with Gasteiger partial charge in [-0.15, -0.1) is 0 Å². The van der Waals surface area contributed by atoms with Crippen molar-refractivity contribution in [3.8, 4) is 5.75 Å². The molecule has 0 bridgehead atoms. The molecule has 0 aliphatic carbocycles. The van der Waals surface area contributed by atoms with Crippen molar-refractivity contribution in [1.82, 2.24) is 0 Å². The third-order valence-electron chi connectivity index (χ3n) is 2.78. The maximum atomic E-state index is 13.7. The van der Waals surface area contributed by atoms with Crippen LogP contribution in [-0.2, 0) is 0 Å². The summed E-state index contributed by atoms with van der Waals surface area (Å²) in [6, 6.07) is 8.68. The second-order valence-corrected chi connectivity index (χ2v) is 5.42. The minimum absolute atomic E-state index is 0.0263. The van der Waals surface area contributed by atoms with Crippen LogP contribution in [0.15, 0.2) is 40.9 Å². The highest BCUT2D eigenvalue weighted by molar-refractivity contribution is 9.10. The third kappa shape index (κ3) is 2.78. The molecule has 0 heterocycles. The standard InChI is InChI=1S/C14H10BrClFNO2/c1-18(11-6-5-8(15)7-12(11)19)14(20)13-9(16)3-2-4-10(13)17/h2-7,19H,1H3. The van der Waals surface area contributed by atoms with Crippen molar-refractivity contribution in [1.29, 1.82) is 0 Å². The van der Waals surface area contributed by atoms with Crippen molar-refractivity contribution in [3.05, 3.63) is 57.3 Å². The summed E-state index contributed by atoms with van der Waals surface area (Å²) in [4.78, 5) is 13.4. The molecule has 0 aliphatic heterocycles. The van der Waals surface area contributed by atoms with Gasteiger partial charge in [-0.3, -0.25) is 4.79 Å². The van der Waals surface area contributed by atoms with Crippen LogP contribution >= 0.6 is 27.5 Å². The molecule has 1 N–H and O–H groups in total. The van der Waals surface area contributed by atoms with Gasteiger partial charge in [-0.2, -0.15) is 0 Å². The molecule has 2 rings (SSSR count). The van der Waals surface area contributed by atoms with Crippen LogP contribution in [-0.4, -0.2) is 18.1 Å². The van der Waals surface area contributed by atoms with E-state index in [1.165, 1.54) is 25.2 Å². The van der Waals surface area contributed by atoms with Crippen LogP contribution in [0.25, 0.3) is 0 Å². The Morgan fingerprint density at radius 1 is 1.35 bits per heavy atom. The van der Waals surface area contributed by atoms with E-state index in [1.807, 2.05) is 0 Å². The second kappa shape index (κ2) is 5.81. The van der Waals surface area contributed by atoms with Crippen LogP contribution in [0.2, 0.25) is 5.02 Å². The number of aromatic hydroxyl groups is 1. The Morgan fingerprint density at radius 3 is 2.65 bits per heavy atom. The molecule has 104 valence electrons. The van der Waals surface area contributed by atoms with E-state index in [1.54, 1.807) is 12.1 Å². The molecule has 0 aromatic heterocycles. The summed E-state index contributed by atoms with van der Waals surface area (Å²) in [5, 5.41) is 9.87. The molecule has 0 saturated carbocycles. The van der Waals surface area contributed by atoms with Gasteiger partial charge in [0.05, 0.1) is 16.3 Å². The molecule has 0 radical (unpaired) electrons. The van der Waals surface area contributed by atoms with E-state index in [0.717, 1.165) is 11.0 Å². The molecular formula is C14H10BrClFNO2. The molecule has 0 fully saturated rings. The van der Waals surface area contributed by atoms with E-state index in [9.17, 15) is 14.3 Å². The molecule has 1 amide bonds. The highest BCUT2D eigenvalue weighted by atomic mass is 79.9. The molecule has 2 aromatic rings. The Labute approximate surface area is 128 Å². The lowest BCUT2D eigenvalue weighted by molar-refractivity contribution is 0.0988. The highest BCUT2D eigenvalue weighted by Crippen LogP contribution is 2.31. The third-order valence-corrected chi connectivity index (χ3v) is 3.59. The van der Waals surface area contributed by atoms with Crippen molar-refractivity contribution >= 4 is 39.1 Å². The van der Waals surface area contributed by atoms with Gasteiger partial charge >= 0.3 is 0 Å². The van der Waals surface area contributed by atoms with E-state index in [-0.39, 0.29) is 22.0 Å². The normalized spacial score (nSPS) is 10.4. The first-order valence-electron chi connectivity index (χ1n) is 5.62. The first kappa shape index (κ1) is 14.8. The zero-order chi connectivity index (χ0) is 14.9. The van der Waals surface area contributed by atoms with Crippen molar-refractivity contribution in [3.63, 3.8) is 0 Å². The van der Waals surface area contributed by atoms with Crippen LogP contribution in [0.4, 0.5) is 10.1 Å². The molecule has 3 nitrogen and oxygen atoms in total. The zero-order valence-electron chi connectivity index (χ0n) is 10.4. The Kier molecular flexibility index (Phi) is 4.30. The lowest BCUT2D eigenvalue weighted by atomic mass is 10.1. The van der Waals surface area contributed by atoms with E-state index < -0.39 is 11.7 Å². The van der Waals surface area contributed by atoms with Crippen molar-refractivity contribution in [2.45, 2.75) is 0 Å². The summed E-state index contributed by atoms with van der Waals surface area (Å²) in [6.07, 6.45) is 0. The predicted octanol–water partition coefficient (Wildman–Crippen LogP) is 4.22. The number of nitrogens with zero attached hydrogens (tertiary/aromatic N) is 1. The summed E-state index contributed by atoms with van der Waals surface area (Å²) < 4.78 is 14.4. The number of carbonyl (C=O) groups excluding carboxylic acids is 1. The average molecular weight is 359 g/mol. The van der Waals surface area contributed by atoms with E-state index in [4.69, 9.17) is 11.6 Å². The topological polar surface area (TPSA) is 40.5 Å². The predicted molar refractivity (Wildman–Crippen MR) is 80.0 cm³/mol. The molecule has 20 heavy (non-hydrogen) atoms. The minimum atomic E-state index is -0.703. The number of anilines is 1. The maximum absolute atomic E-state index is 13.7. The Hall–Kier alpha value is -1.59. The summed E-state index contributed by atoms with van der Waals surface area (Å²) in [7, 11) is 1.44. The van der Waals surface area contributed by atoms with Gasteiger partial charge in [0.25, 0.3) is 5.91 Å². The van der Waals surface area contributed by atoms with Gasteiger partial charge in [-0.05, 0) is 30.3 Å². The van der Waals surface area contributed by atoms with Crippen LogP contribution < -0.4 is 4.90 Å². The Balaban J connectivity index is 2.43. The fourth-order valence-electron chi connectivity index (χ4n) is 1.76. The van der Waals surface area contributed by atoms with Crippen LogP contribution in [0, 0.1) is 5.82 Å². The maximum Gasteiger partial charge on any atom is 0.262 e. The zero-order valence-corrected chi connectivity index (χ0v) is 12.7. The van der Waals surface area contributed by atoms with Gasteiger partial charge in [-0.25, -0.2) is 4.39 Å². The number of rotatable bonds is 2. The van der Waals surface area contributed by atoms with Gasteiger partial charge < -0.3 is 10.0 Å². The summed E-state index contributed by atoms with van der Waals surface area (Å²) >= 11 is 9.07. The first-order chi connectivity index (χ1) is 9.41. The Bertz CT molecular complexity index is 658. The lowest BCUT2D eigenvalue weighted by Crippen LogP contribution is -2.27. The largest absolute Gasteiger partial charge is 0.506 e. The number of benzene rings is 2. The van der Waals surface area contributed by atoms with Gasteiger partial charge in [0, 0.05) is 11.5 Å². The first-order valence-corrected chi connectivity index (χ1v) is 6.79. The van der Waals surface area contributed by atoms with Gasteiger partial charge in [0.1, 0.15) is 11.6 Å². The number of hydrogen-bond acceptors (Lipinski definition) is 2. The average Bonchev–Trinajstić information content (AvgIpc) is 2.37. The second-order valence-electron chi connectivity index (χ2n) is 4.09. The van der Waals surface area contributed by atoms with E-state index >= 15 is 0 Å². The molecule has 0 saturated heterocycles. The molecular weight excluding hydrogens is 349 g/mol. The van der Waals surface area contributed by atoms with Crippen molar-refractivity contribution in [2.75, 3.05) is 11.9 Å². The highest BCUT2D eigenvalue weighted by Gasteiger charge is 2.22. The number of phenolic OH excluding ortho intramolecular Hbond substituents is 1. The molecule has 0 unspecified atom stereocenters. The number of phenols is 1. The summed E-state index contributed by atoms with van der Waals surface area (Å²) in [6.45, 7) is 0. The van der Waals surface area contributed by atoms with Gasteiger partial charge in [-0.1, -0.05) is 33.6 Å². The minimum Gasteiger partial charge on any atom is -0.506 e. The van der Waals surface area contributed by atoms with E-state index in [0.29, 0.717) is 4.47 Å². The fourth-order valence-corrected chi connectivity index (χ4v) is 2.35. The summed E-state index contributed by atoms with van der Waals surface area (Å²) in [5.74, 6) is -1.43. The number of hydrogen-bond donors (Lipinski definition) is 1. The SMILES string of the molecule is CN(C(=O)c1c(F)cccc1Cl)c1ccc(Br)cc1O. The van der Waals surface area contributed by atoms with Crippen LogP contribution in [0.5, 0.6) is 5.75 Å². The molecule has 0 spiro atoms. The monoisotopic (exact) mass is 357 g/mol. The molecule has 6 heteroatoms. The van der Waals surface area contributed by atoms with Gasteiger partial charge in [0.15, 0.2) is 0 Å². The fraction of sp³-hybridized carbons (Fsp3) is 0.0714. The van der Waals surface area contributed by atoms with E-state index in [2.05, 4.69) is 15.9 Å².